The summed E-state index contributed by atoms with van der Waals surface area (Å²) in [4.78, 5) is 26.4. The van der Waals surface area contributed by atoms with Crippen molar-refractivity contribution in [3.05, 3.63) is 51.7 Å². The maximum atomic E-state index is 12.2. The molecule has 0 bridgehead atoms. The molecule has 142 valence electrons. The van der Waals surface area contributed by atoms with Gasteiger partial charge in [-0.15, -0.1) is 0 Å². The number of nitrogens with zero attached hydrogens (tertiary/aromatic N) is 2. The molecule has 0 fully saturated rings. The maximum absolute atomic E-state index is 12.2. The van der Waals surface area contributed by atoms with Crippen LogP contribution in [0.1, 0.15) is 24.2 Å². The molecule has 1 aromatic carbocycles. The highest BCUT2D eigenvalue weighted by Gasteiger charge is 2.20. The van der Waals surface area contributed by atoms with Gasteiger partial charge in [0.25, 0.3) is 5.91 Å². The van der Waals surface area contributed by atoms with Crippen molar-refractivity contribution >= 4 is 11.7 Å². The summed E-state index contributed by atoms with van der Waals surface area (Å²) >= 11 is 0. The molecule has 0 saturated heterocycles. The fourth-order valence-corrected chi connectivity index (χ4v) is 2.61. The Bertz CT molecular complexity index is 870. The highest BCUT2D eigenvalue weighted by atomic mass is 16.6. The number of hydrogen-bond donors (Lipinski definition) is 1. The Balaban J connectivity index is 1.60. The summed E-state index contributed by atoms with van der Waals surface area (Å²) in [7, 11) is 0. The van der Waals surface area contributed by atoms with Gasteiger partial charge in [0.05, 0.1) is 6.04 Å². The maximum Gasteiger partial charge on any atom is 0.406 e. The Kier molecular flexibility index (Phi) is 5.39. The molecule has 27 heavy (non-hydrogen) atoms. The average molecular weight is 373 g/mol. The number of rotatable bonds is 6. The van der Waals surface area contributed by atoms with Gasteiger partial charge < -0.3 is 29.6 Å². The van der Waals surface area contributed by atoms with Gasteiger partial charge in [-0.3, -0.25) is 4.79 Å². The van der Waals surface area contributed by atoms with Crippen LogP contribution in [0.3, 0.4) is 0 Å². The van der Waals surface area contributed by atoms with Gasteiger partial charge in [-0.25, -0.2) is 0 Å². The first-order chi connectivity index (χ1) is 12.9. The summed E-state index contributed by atoms with van der Waals surface area (Å²) < 4.78 is 16.3. The van der Waals surface area contributed by atoms with Crippen LogP contribution in [0.5, 0.6) is 17.2 Å². The number of benzene rings is 1. The van der Waals surface area contributed by atoms with Crippen LogP contribution in [0.25, 0.3) is 0 Å². The zero-order valence-corrected chi connectivity index (χ0v) is 14.9. The first-order valence-corrected chi connectivity index (χ1v) is 8.38. The van der Waals surface area contributed by atoms with E-state index in [-0.39, 0.29) is 18.4 Å². The van der Waals surface area contributed by atoms with Crippen LogP contribution >= 0.6 is 0 Å². The van der Waals surface area contributed by atoms with E-state index in [0.29, 0.717) is 30.4 Å². The van der Waals surface area contributed by atoms with Crippen molar-refractivity contribution < 1.29 is 23.9 Å². The number of ether oxygens (including phenoxy) is 3. The summed E-state index contributed by atoms with van der Waals surface area (Å²) in [6.45, 7) is 4.09. The van der Waals surface area contributed by atoms with Crippen LogP contribution in [0.2, 0.25) is 0 Å². The second-order valence-corrected chi connectivity index (χ2v) is 6.01. The molecule has 2 heterocycles. The minimum absolute atomic E-state index is 0.0484. The summed E-state index contributed by atoms with van der Waals surface area (Å²) in [5.41, 5.74) is 1.33. The van der Waals surface area contributed by atoms with Crippen LogP contribution in [-0.2, 0) is 4.79 Å². The molecule has 1 aliphatic rings. The molecule has 0 saturated carbocycles. The second kappa shape index (κ2) is 7.90. The average Bonchev–Trinajstić information content (AvgIpc) is 2.66. The molecule has 9 nitrogen and oxygen atoms in total. The molecule has 2 aromatic rings. The number of pyridine rings is 1. The van der Waals surface area contributed by atoms with Crippen LogP contribution < -0.4 is 19.5 Å². The number of aromatic nitrogens is 1. The Hall–Kier alpha value is -3.36. The molecule has 1 N–H and O–H groups in total. The molecular weight excluding hydrogens is 354 g/mol. The van der Waals surface area contributed by atoms with Crippen LogP contribution in [0.15, 0.2) is 30.3 Å². The van der Waals surface area contributed by atoms with E-state index in [1.54, 1.807) is 19.1 Å². The second-order valence-electron chi connectivity index (χ2n) is 6.01. The van der Waals surface area contributed by atoms with E-state index in [2.05, 4.69) is 10.3 Å². The molecule has 3 rings (SSSR count). The number of aryl methyl sites for hydroxylation is 1. The predicted octanol–water partition coefficient (Wildman–Crippen LogP) is 2.33. The summed E-state index contributed by atoms with van der Waals surface area (Å²) in [5.74, 6) is 0.436. The van der Waals surface area contributed by atoms with Crippen molar-refractivity contribution in [2.24, 2.45) is 0 Å². The highest BCUT2D eigenvalue weighted by Crippen LogP contribution is 2.32. The van der Waals surface area contributed by atoms with Gasteiger partial charge in [0.1, 0.15) is 18.9 Å². The number of carbonyl (C=O) groups is 1. The first kappa shape index (κ1) is 18.4. The minimum atomic E-state index is -0.641. The van der Waals surface area contributed by atoms with Gasteiger partial charge in [-0.2, -0.15) is 0 Å². The molecule has 1 aromatic heterocycles. The third-order valence-electron chi connectivity index (χ3n) is 3.95. The van der Waals surface area contributed by atoms with E-state index in [1.165, 1.54) is 6.07 Å². The van der Waals surface area contributed by atoms with Crippen molar-refractivity contribution in [1.29, 1.82) is 0 Å². The molecule has 0 aliphatic carbocycles. The molecule has 0 unspecified atom stereocenters. The molecule has 1 atom stereocenters. The third-order valence-corrected chi connectivity index (χ3v) is 3.95. The summed E-state index contributed by atoms with van der Waals surface area (Å²) in [5, 5.41) is 13.8. The van der Waals surface area contributed by atoms with E-state index in [4.69, 9.17) is 14.2 Å². The van der Waals surface area contributed by atoms with Gasteiger partial charge in [-0.05, 0) is 46.7 Å². The SMILES string of the molecule is Cc1ccc(OCC(=O)N[C@H](C)c2ccc3c(c2)OCCO3)c([N+](=O)[O-])n1. The highest BCUT2D eigenvalue weighted by molar-refractivity contribution is 5.78. The molecule has 0 radical (unpaired) electrons. The standard InChI is InChI=1S/C18H19N3O6/c1-11-3-5-15(18(19-11)21(23)24)27-10-17(22)20-12(2)13-4-6-14-16(9-13)26-8-7-25-14/h3-6,9,12H,7-8,10H2,1-2H3,(H,20,22)/t12-/m1/s1. The number of fused-ring (bicyclic) bond motifs is 1. The predicted molar refractivity (Wildman–Crippen MR) is 95.1 cm³/mol. The van der Waals surface area contributed by atoms with E-state index in [1.807, 2.05) is 19.1 Å². The van der Waals surface area contributed by atoms with Gasteiger partial charge in [0, 0.05) is 6.92 Å². The largest absolute Gasteiger partial charge is 0.486 e. The Labute approximate surface area is 155 Å². The fourth-order valence-electron chi connectivity index (χ4n) is 2.61. The van der Waals surface area contributed by atoms with E-state index < -0.39 is 16.6 Å². The Morgan fingerprint density at radius 1 is 1.30 bits per heavy atom. The normalized spacial score (nSPS) is 13.6. The monoisotopic (exact) mass is 373 g/mol. The number of nitrogens with one attached hydrogen (secondary N) is 1. The molecule has 1 aliphatic heterocycles. The lowest BCUT2D eigenvalue weighted by Gasteiger charge is -2.21. The quantitative estimate of drug-likeness (QED) is 0.611. The minimum Gasteiger partial charge on any atom is -0.486 e. The zero-order chi connectivity index (χ0) is 19.4. The van der Waals surface area contributed by atoms with E-state index in [9.17, 15) is 14.9 Å². The smallest absolute Gasteiger partial charge is 0.406 e. The molecule has 1 amide bonds. The number of amides is 1. The summed E-state index contributed by atoms with van der Waals surface area (Å²) in [6.07, 6.45) is 0. The van der Waals surface area contributed by atoms with Crippen LogP contribution in [0.4, 0.5) is 5.82 Å². The lowest BCUT2D eigenvalue weighted by atomic mass is 10.1. The van der Waals surface area contributed by atoms with Crippen molar-refractivity contribution in [3.63, 3.8) is 0 Å². The van der Waals surface area contributed by atoms with Crippen molar-refractivity contribution in [2.45, 2.75) is 19.9 Å². The number of nitro groups is 1. The van der Waals surface area contributed by atoms with Gasteiger partial charge >= 0.3 is 5.82 Å². The van der Waals surface area contributed by atoms with Crippen molar-refractivity contribution in [3.8, 4) is 17.2 Å². The lowest BCUT2D eigenvalue weighted by Crippen LogP contribution is -2.31. The number of carbonyl (C=O) groups excluding carboxylic acids is 1. The molecule has 0 spiro atoms. The third kappa shape index (κ3) is 4.43. The molecular formula is C18H19N3O6. The van der Waals surface area contributed by atoms with Gasteiger partial charge in [0.15, 0.2) is 18.1 Å². The van der Waals surface area contributed by atoms with Gasteiger partial charge in [-0.1, -0.05) is 6.07 Å². The van der Waals surface area contributed by atoms with E-state index in [0.717, 1.165) is 5.56 Å². The van der Waals surface area contributed by atoms with E-state index >= 15 is 0 Å². The summed E-state index contributed by atoms with van der Waals surface area (Å²) in [6, 6.07) is 8.16. The Morgan fingerprint density at radius 2 is 2.04 bits per heavy atom. The zero-order valence-electron chi connectivity index (χ0n) is 14.9. The van der Waals surface area contributed by atoms with Crippen LogP contribution in [-0.4, -0.2) is 35.6 Å². The number of hydrogen-bond acceptors (Lipinski definition) is 7. The first-order valence-electron chi connectivity index (χ1n) is 8.38. The molecule has 9 heteroatoms. The fraction of sp³-hybridized carbons (Fsp3) is 0.333. The van der Waals surface area contributed by atoms with Crippen molar-refractivity contribution in [1.82, 2.24) is 10.3 Å². The van der Waals surface area contributed by atoms with Crippen molar-refractivity contribution in [2.75, 3.05) is 19.8 Å². The van der Waals surface area contributed by atoms with Crippen LogP contribution in [0, 0.1) is 17.0 Å². The van der Waals surface area contributed by atoms with Gasteiger partial charge in [0.2, 0.25) is 5.75 Å². The lowest BCUT2D eigenvalue weighted by molar-refractivity contribution is -0.390. The Morgan fingerprint density at radius 3 is 2.78 bits per heavy atom. The topological polar surface area (TPSA) is 113 Å².